The summed E-state index contributed by atoms with van der Waals surface area (Å²) < 4.78 is 0. The highest BCUT2D eigenvalue weighted by Gasteiger charge is 2.34. The fraction of sp³-hybridized carbons (Fsp3) is 0.467. The first-order valence-corrected chi connectivity index (χ1v) is 7.48. The highest BCUT2D eigenvalue weighted by atomic mass is 32.2. The standard InChI is InChI=1S/C15H19NO2S/c1-5-13-15(18)16(9(2)3)12-8-11(10(4)17)6-7-14(12)19-13/h6-9,13H,5H2,1-4H3. The summed E-state index contributed by atoms with van der Waals surface area (Å²) >= 11 is 1.60. The van der Waals surface area contributed by atoms with Crippen molar-refractivity contribution in [1.29, 1.82) is 0 Å². The van der Waals surface area contributed by atoms with Gasteiger partial charge in [-0.15, -0.1) is 11.8 Å². The summed E-state index contributed by atoms with van der Waals surface area (Å²) in [5, 5.41) is -0.0157. The number of carbonyl (C=O) groups is 2. The van der Waals surface area contributed by atoms with Crippen LogP contribution in [0.3, 0.4) is 0 Å². The second kappa shape index (κ2) is 5.37. The minimum atomic E-state index is -0.0157. The zero-order chi connectivity index (χ0) is 14.2. The van der Waals surface area contributed by atoms with Crippen LogP contribution in [0.25, 0.3) is 0 Å². The molecule has 0 bridgehead atoms. The van der Waals surface area contributed by atoms with Crippen LogP contribution in [-0.4, -0.2) is 23.0 Å². The van der Waals surface area contributed by atoms with E-state index in [0.29, 0.717) is 5.56 Å². The molecule has 3 nitrogen and oxygen atoms in total. The maximum Gasteiger partial charge on any atom is 0.240 e. The van der Waals surface area contributed by atoms with Gasteiger partial charge in [0.15, 0.2) is 5.78 Å². The summed E-state index contributed by atoms with van der Waals surface area (Å²) in [4.78, 5) is 26.9. The van der Waals surface area contributed by atoms with Gasteiger partial charge in [-0.25, -0.2) is 0 Å². The summed E-state index contributed by atoms with van der Waals surface area (Å²) in [5.74, 6) is 0.178. The first-order valence-electron chi connectivity index (χ1n) is 6.60. The smallest absolute Gasteiger partial charge is 0.240 e. The zero-order valence-corrected chi connectivity index (χ0v) is 12.6. The molecule has 1 amide bonds. The molecule has 0 aromatic heterocycles. The molecule has 2 rings (SSSR count). The van der Waals surface area contributed by atoms with Crippen molar-refractivity contribution in [2.75, 3.05) is 4.90 Å². The molecule has 1 aliphatic heterocycles. The highest BCUT2D eigenvalue weighted by Crippen LogP contribution is 2.41. The lowest BCUT2D eigenvalue weighted by molar-refractivity contribution is -0.118. The first-order chi connectivity index (χ1) is 8.95. The number of ketones is 1. The molecule has 0 radical (unpaired) electrons. The van der Waals surface area contributed by atoms with E-state index in [9.17, 15) is 9.59 Å². The van der Waals surface area contributed by atoms with Gasteiger partial charge < -0.3 is 4.90 Å². The molecule has 0 spiro atoms. The van der Waals surface area contributed by atoms with Gasteiger partial charge in [0.1, 0.15) is 0 Å². The third-order valence-corrected chi connectivity index (χ3v) is 4.71. The number of rotatable bonds is 3. The molecule has 102 valence electrons. The van der Waals surface area contributed by atoms with E-state index in [1.165, 1.54) is 0 Å². The molecule has 1 aliphatic rings. The quantitative estimate of drug-likeness (QED) is 0.793. The Hall–Kier alpha value is -1.29. The van der Waals surface area contributed by atoms with E-state index in [0.717, 1.165) is 17.0 Å². The van der Waals surface area contributed by atoms with Crippen molar-refractivity contribution in [2.45, 2.75) is 50.3 Å². The van der Waals surface area contributed by atoms with Crippen LogP contribution in [0.1, 0.15) is 44.5 Å². The van der Waals surface area contributed by atoms with Gasteiger partial charge >= 0.3 is 0 Å². The molecule has 0 N–H and O–H groups in total. The summed E-state index contributed by atoms with van der Waals surface area (Å²) in [7, 11) is 0. The molecule has 0 saturated carbocycles. The van der Waals surface area contributed by atoms with Gasteiger partial charge in [0.25, 0.3) is 0 Å². The maximum atomic E-state index is 12.5. The largest absolute Gasteiger partial charge is 0.308 e. The molecule has 1 aromatic carbocycles. The summed E-state index contributed by atoms with van der Waals surface area (Å²) in [6, 6.07) is 5.74. The molecule has 1 atom stereocenters. The second-order valence-electron chi connectivity index (χ2n) is 5.06. The van der Waals surface area contributed by atoms with Crippen LogP contribution < -0.4 is 4.90 Å². The number of carbonyl (C=O) groups excluding carboxylic acids is 2. The van der Waals surface area contributed by atoms with E-state index in [2.05, 4.69) is 0 Å². The molecule has 4 heteroatoms. The Morgan fingerprint density at radius 1 is 1.42 bits per heavy atom. The number of Topliss-reactive ketones (excluding diaryl/α,β-unsaturated/α-hetero) is 1. The number of hydrogen-bond acceptors (Lipinski definition) is 3. The van der Waals surface area contributed by atoms with Crippen molar-refractivity contribution in [3.05, 3.63) is 23.8 Å². The summed E-state index contributed by atoms with van der Waals surface area (Å²) in [6.07, 6.45) is 0.820. The Kier molecular flexibility index (Phi) is 3.99. The van der Waals surface area contributed by atoms with E-state index in [1.807, 2.05) is 43.9 Å². The Labute approximate surface area is 118 Å². The lowest BCUT2D eigenvalue weighted by Crippen LogP contribution is -2.45. The molecule has 0 saturated heterocycles. The van der Waals surface area contributed by atoms with Gasteiger partial charge in [-0.3, -0.25) is 9.59 Å². The number of benzene rings is 1. The molecule has 0 fully saturated rings. The van der Waals surface area contributed by atoms with Gasteiger partial charge in [0, 0.05) is 16.5 Å². The fourth-order valence-corrected chi connectivity index (χ4v) is 3.40. The number of fused-ring (bicyclic) bond motifs is 1. The molecule has 19 heavy (non-hydrogen) atoms. The lowest BCUT2D eigenvalue weighted by Gasteiger charge is -2.36. The highest BCUT2D eigenvalue weighted by molar-refractivity contribution is 8.01. The van der Waals surface area contributed by atoms with Crippen LogP contribution in [0, 0.1) is 0 Å². The topological polar surface area (TPSA) is 37.4 Å². The Bertz CT molecular complexity index is 525. The Morgan fingerprint density at radius 3 is 2.63 bits per heavy atom. The van der Waals surface area contributed by atoms with E-state index in [1.54, 1.807) is 18.7 Å². The number of amides is 1. The molecular weight excluding hydrogens is 258 g/mol. The molecule has 0 aliphatic carbocycles. The minimum Gasteiger partial charge on any atom is -0.308 e. The lowest BCUT2D eigenvalue weighted by atomic mass is 10.1. The van der Waals surface area contributed by atoms with Gasteiger partial charge in [-0.1, -0.05) is 13.0 Å². The van der Waals surface area contributed by atoms with Crippen LogP contribution in [0.2, 0.25) is 0 Å². The minimum absolute atomic E-state index is 0.0157. The van der Waals surface area contributed by atoms with Gasteiger partial charge in [0.2, 0.25) is 5.91 Å². The summed E-state index contributed by atoms with van der Waals surface area (Å²) in [5.41, 5.74) is 1.54. The van der Waals surface area contributed by atoms with Gasteiger partial charge in [-0.2, -0.15) is 0 Å². The predicted molar refractivity (Wildman–Crippen MR) is 79.0 cm³/mol. The van der Waals surface area contributed by atoms with Crippen molar-refractivity contribution in [2.24, 2.45) is 0 Å². The maximum absolute atomic E-state index is 12.5. The average Bonchev–Trinajstić information content (AvgIpc) is 2.36. The van der Waals surface area contributed by atoms with Crippen LogP contribution in [0.5, 0.6) is 0 Å². The van der Waals surface area contributed by atoms with Crippen molar-refractivity contribution in [3.8, 4) is 0 Å². The number of nitrogens with zero attached hydrogens (tertiary/aromatic N) is 1. The van der Waals surface area contributed by atoms with Crippen molar-refractivity contribution < 1.29 is 9.59 Å². The van der Waals surface area contributed by atoms with Gasteiger partial charge in [-0.05, 0) is 39.3 Å². The molecule has 1 aromatic rings. The van der Waals surface area contributed by atoms with Crippen molar-refractivity contribution in [1.82, 2.24) is 0 Å². The third kappa shape index (κ3) is 2.54. The van der Waals surface area contributed by atoms with Crippen molar-refractivity contribution in [3.63, 3.8) is 0 Å². The molecule has 1 heterocycles. The van der Waals surface area contributed by atoms with E-state index < -0.39 is 0 Å². The third-order valence-electron chi connectivity index (χ3n) is 3.29. The van der Waals surface area contributed by atoms with Crippen LogP contribution in [-0.2, 0) is 4.79 Å². The van der Waals surface area contributed by atoms with Crippen LogP contribution in [0.4, 0.5) is 5.69 Å². The van der Waals surface area contributed by atoms with E-state index in [4.69, 9.17) is 0 Å². The predicted octanol–water partition coefficient (Wildman–Crippen LogP) is 3.51. The number of anilines is 1. The van der Waals surface area contributed by atoms with E-state index in [-0.39, 0.29) is 23.0 Å². The van der Waals surface area contributed by atoms with E-state index >= 15 is 0 Å². The summed E-state index contributed by atoms with van der Waals surface area (Å²) in [6.45, 7) is 7.59. The SMILES string of the molecule is CCC1Sc2ccc(C(C)=O)cc2N(C(C)C)C1=O. The zero-order valence-electron chi connectivity index (χ0n) is 11.8. The number of thioether (sulfide) groups is 1. The number of hydrogen-bond donors (Lipinski definition) is 0. The molecule has 1 unspecified atom stereocenters. The van der Waals surface area contributed by atoms with Crippen LogP contribution in [0.15, 0.2) is 23.1 Å². The fourth-order valence-electron chi connectivity index (χ4n) is 2.29. The van der Waals surface area contributed by atoms with Gasteiger partial charge in [0.05, 0.1) is 10.9 Å². The Balaban J connectivity index is 2.53. The first kappa shape index (κ1) is 14.1. The second-order valence-corrected chi connectivity index (χ2v) is 6.30. The average molecular weight is 277 g/mol. The van der Waals surface area contributed by atoms with Crippen molar-refractivity contribution >= 4 is 29.1 Å². The monoisotopic (exact) mass is 277 g/mol. The van der Waals surface area contributed by atoms with Crippen LogP contribution >= 0.6 is 11.8 Å². The molecular formula is C15H19NO2S. The normalized spacial score (nSPS) is 18.7. The Morgan fingerprint density at radius 2 is 2.11 bits per heavy atom.